The van der Waals surface area contributed by atoms with Gasteiger partial charge in [0.05, 0.1) is 7.11 Å². The summed E-state index contributed by atoms with van der Waals surface area (Å²) in [5.74, 6) is 1.22. The molecule has 2 aliphatic heterocycles. The molecule has 3 heterocycles. The minimum Gasteiger partial charge on any atom is -0.481 e. The molecule has 1 aromatic rings. The van der Waals surface area contributed by atoms with E-state index in [9.17, 15) is 8.42 Å². The second-order valence-corrected chi connectivity index (χ2v) is 8.51. The molecule has 2 fully saturated rings. The van der Waals surface area contributed by atoms with E-state index < -0.39 is 10.2 Å². The molecular weight excluding hydrogens is 342 g/mol. The van der Waals surface area contributed by atoms with E-state index in [-0.39, 0.29) is 6.04 Å². The van der Waals surface area contributed by atoms with Crippen LogP contribution in [0.15, 0.2) is 12.4 Å². The number of nitrogens with one attached hydrogen (secondary N) is 1. The Hall–Kier alpha value is -1.45. The van der Waals surface area contributed by atoms with Crippen molar-refractivity contribution in [3.63, 3.8) is 0 Å². The van der Waals surface area contributed by atoms with E-state index in [4.69, 9.17) is 4.74 Å². The van der Waals surface area contributed by atoms with Crippen LogP contribution in [0.25, 0.3) is 0 Å². The fourth-order valence-electron chi connectivity index (χ4n) is 3.41. The van der Waals surface area contributed by atoms with Crippen molar-refractivity contribution in [1.82, 2.24) is 18.6 Å². The van der Waals surface area contributed by atoms with Crippen LogP contribution >= 0.6 is 0 Å². The van der Waals surface area contributed by atoms with E-state index in [0.717, 1.165) is 38.5 Å². The summed E-state index contributed by atoms with van der Waals surface area (Å²) in [6, 6.07) is 1.95. The Morgan fingerprint density at radius 2 is 1.68 bits per heavy atom. The van der Waals surface area contributed by atoms with Crippen LogP contribution in [0.3, 0.4) is 0 Å². The van der Waals surface area contributed by atoms with Gasteiger partial charge in [-0.1, -0.05) is 12.8 Å². The van der Waals surface area contributed by atoms with Crippen LogP contribution in [0.1, 0.15) is 38.5 Å². The highest BCUT2D eigenvalue weighted by Crippen LogP contribution is 2.22. The molecule has 3 rings (SSSR count). The average molecular weight is 369 g/mol. The molecule has 1 N–H and O–H groups in total. The number of anilines is 1. The lowest BCUT2D eigenvalue weighted by atomic mass is 10.1. The quantitative estimate of drug-likeness (QED) is 0.846. The van der Waals surface area contributed by atoms with Crippen LogP contribution < -0.4 is 10.1 Å². The first-order valence-electron chi connectivity index (χ1n) is 8.97. The van der Waals surface area contributed by atoms with Gasteiger partial charge in [-0.05, 0) is 25.7 Å². The number of ether oxygens (including phenoxy) is 1. The van der Waals surface area contributed by atoms with Gasteiger partial charge in [0, 0.05) is 38.3 Å². The van der Waals surface area contributed by atoms with Crippen molar-refractivity contribution >= 4 is 16.0 Å². The van der Waals surface area contributed by atoms with Gasteiger partial charge < -0.3 is 10.1 Å². The van der Waals surface area contributed by atoms with Crippen molar-refractivity contribution in [2.75, 3.05) is 38.6 Å². The van der Waals surface area contributed by atoms with Gasteiger partial charge in [-0.3, -0.25) is 0 Å². The normalized spacial score (nSPS) is 21.6. The molecule has 0 bridgehead atoms. The predicted octanol–water partition coefficient (Wildman–Crippen LogP) is 1.48. The van der Waals surface area contributed by atoms with E-state index in [2.05, 4.69) is 15.3 Å². The molecule has 25 heavy (non-hydrogen) atoms. The van der Waals surface area contributed by atoms with Crippen LogP contribution in [-0.2, 0) is 10.2 Å². The Morgan fingerprint density at radius 3 is 2.32 bits per heavy atom. The van der Waals surface area contributed by atoms with Crippen molar-refractivity contribution in [3.05, 3.63) is 12.4 Å². The Balaban J connectivity index is 1.55. The lowest BCUT2D eigenvalue weighted by Gasteiger charge is -2.35. The summed E-state index contributed by atoms with van der Waals surface area (Å²) in [6.07, 6.45) is 7.17. The van der Waals surface area contributed by atoms with Gasteiger partial charge in [0.1, 0.15) is 12.1 Å². The summed E-state index contributed by atoms with van der Waals surface area (Å²) in [5, 5.41) is 3.35. The maximum Gasteiger partial charge on any atom is 0.281 e. The number of aromatic nitrogens is 2. The zero-order valence-electron chi connectivity index (χ0n) is 14.7. The molecule has 0 saturated carbocycles. The fraction of sp³-hybridized carbons (Fsp3) is 0.750. The lowest BCUT2D eigenvalue weighted by molar-refractivity contribution is 0.294. The largest absolute Gasteiger partial charge is 0.481 e. The zero-order chi connectivity index (χ0) is 17.7. The Kier molecular flexibility index (Phi) is 6.08. The number of methoxy groups -OCH3 is 1. The minimum absolute atomic E-state index is 0.204. The van der Waals surface area contributed by atoms with Crippen LogP contribution in [0.5, 0.6) is 5.88 Å². The molecule has 0 aliphatic carbocycles. The van der Waals surface area contributed by atoms with Gasteiger partial charge in [-0.15, -0.1) is 0 Å². The maximum absolute atomic E-state index is 12.8. The molecule has 0 atom stereocenters. The molecule has 0 radical (unpaired) electrons. The molecule has 9 heteroatoms. The summed E-state index contributed by atoms with van der Waals surface area (Å²) in [7, 11) is -1.75. The summed E-state index contributed by atoms with van der Waals surface area (Å²) < 4.78 is 34.1. The monoisotopic (exact) mass is 369 g/mol. The number of piperidine rings is 1. The highest BCUT2D eigenvalue weighted by molar-refractivity contribution is 7.86. The number of hydrogen-bond acceptors (Lipinski definition) is 6. The van der Waals surface area contributed by atoms with Gasteiger partial charge in [0.25, 0.3) is 10.2 Å². The van der Waals surface area contributed by atoms with E-state index in [1.165, 1.54) is 6.33 Å². The van der Waals surface area contributed by atoms with Crippen molar-refractivity contribution in [1.29, 1.82) is 0 Å². The molecule has 140 valence electrons. The third kappa shape index (κ3) is 4.59. The van der Waals surface area contributed by atoms with Gasteiger partial charge in [0.15, 0.2) is 0 Å². The standard InChI is InChI=1S/C16H27N5O3S/c1-24-16-12-15(17-13-18-16)19-14-6-10-21(11-7-14)25(22,23)20-8-4-2-3-5-9-20/h12-14H,2-11H2,1H3,(H,17,18,19). The first kappa shape index (κ1) is 18.3. The predicted molar refractivity (Wildman–Crippen MR) is 95.8 cm³/mol. The topological polar surface area (TPSA) is 87.7 Å². The summed E-state index contributed by atoms with van der Waals surface area (Å²) in [5.41, 5.74) is 0. The summed E-state index contributed by atoms with van der Waals surface area (Å²) >= 11 is 0. The first-order chi connectivity index (χ1) is 12.1. The smallest absolute Gasteiger partial charge is 0.281 e. The SMILES string of the molecule is COc1cc(NC2CCN(S(=O)(=O)N3CCCCCC3)CC2)ncn1. The molecule has 2 saturated heterocycles. The number of hydrogen-bond donors (Lipinski definition) is 1. The van der Waals surface area contributed by atoms with Crippen molar-refractivity contribution in [2.24, 2.45) is 0 Å². The van der Waals surface area contributed by atoms with E-state index in [0.29, 0.717) is 37.9 Å². The van der Waals surface area contributed by atoms with Gasteiger partial charge in [0.2, 0.25) is 5.88 Å². The molecule has 2 aliphatic rings. The molecule has 0 spiro atoms. The Labute approximate surface area is 149 Å². The fourth-order valence-corrected chi connectivity index (χ4v) is 5.12. The molecule has 8 nitrogen and oxygen atoms in total. The molecule has 1 aromatic heterocycles. The average Bonchev–Trinajstić information content (AvgIpc) is 2.92. The first-order valence-corrected chi connectivity index (χ1v) is 10.4. The second kappa shape index (κ2) is 8.29. The van der Waals surface area contributed by atoms with Crippen LogP contribution in [0.4, 0.5) is 5.82 Å². The highest BCUT2D eigenvalue weighted by Gasteiger charge is 2.33. The van der Waals surface area contributed by atoms with E-state index >= 15 is 0 Å². The van der Waals surface area contributed by atoms with Crippen molar-refractivity contribution in [2.45, 2.75) is 44.6 Å². The van der Waals surface area contributed by atoms with Crippen molar-refractivity contribution < 1.29 is 13.2 Å². The molecule has 0 unspecified atom stereocenters. The second-order valence-electron chi connectivity index (χ2n) is 6.58. The van der Waals surface area contributed by atoms with E-state index in [1.807, 2.05) is 0 Å². The number of nitrogens with zero attached hydrogens (tertiary/aromatic N) is 4. The summed E-state index contributed by atoms with van der Waals surface area (Å²) in [4.78, 5) is 8.18. The maximum atomic E-state index is 12.8. The molecular formula is C16H27N5O3S. The molecule has 0 amide bonds. The lowest BCUT2D eigenvalue weighted by Crippen LogP contribution is -2.49. The van der Waals surface area contributed by atoms with Gasteiger partial charge >= 0.3 is 0 Å². The third-order valence-electron chi connectivity index (χ3n) is 4.87. The summed E-state index contributed by atoms with van der Waals surface area (Å²) in [6.45, 7) is 2.39. The Bertz CT molecular complexity index is 653. The Morgan fingerprint density at radius 1 is 1.04 bits per heavy atom. The van der Waals surface area contributed by atoms with Gasteiger partial charge in [-0.25, -0.2) is 9.97 Å². The van der Waals surface area contributed by atoms with Crippen molar-refractivity contribution in [3.8, 4) is 5.88 Å². The minimum atomic E-state index is -3.32. The van der Waals surface area contributed by atoms with Crippen LogP contribution in [-0.4, -0.2) is 66.3 Å². The zero-order valence-corrected chi connectivity index (χ0v) is 15.5. The highest BCUT2D eigenvalue weighted by atomic mass is 32.2. The third-order valence-corrected chi connectivity index (χ3v) is 6.91. The van der Waals surface area contributed by atoms with Gasteiger partial charge in [-0.2, -0.15) is 17.0 Å². The molecule has 0 aromatic carbocycles. The van der Waals surface area contributed by atoms with Crippen LogP contribution in [0.2, 0.25) is 0 Å². The number of rotatable bonds is 5. The van der Waals surface area contributed by atoms with E-state index in [1.54, 1.807) is 21.8 Å². The van der Waals surface area contributed by atoms with Crippen LogP contribution in [0, 0.1) is 0 Å².